The largest absolute Gasteiger partial charge is 0.487 e. The highest BCUT2D eigenvalue weighted by Crippen LogP contribution is 2.32. The zero-order valence-corrected chi connectivity index (χ0v) is 21.4. The molecule has 36 heavy (non-hydrogen) atoms. The minimum atomic E-state index is 0.464. The molecule has 0 atom stereocenters. The van der Waals surface area contributed by atoms with E-state index in [1.807, 2.05) is 36.4 Å². The number of ether oxygens (including phenoxy) is 1. The molecule has 0 aliphatic heterocycles. The molecular weight excluding hydrogens is 466 g/mol. The summed E-state index contributed by atoms with van der Waals surface area (Å²) in [5.41, 5.74) is 7.62. The topological polar surface area (TPSA) is 47.0 Å². The quantitative estimate of drug-likeness (QED) is 0.246. The van der Waals surface area contributed by atoms with Gasteiger partial charge in [-0.25, -0.2) is 9.97 Å². The summed E-state index contributed by atoms with van der Waals surface area (Å²) in [4.78, 5) is 8.96. The summed E-state index contributed by atoms with van der Waals surface area (Å²) < 4.78 is 5.96. The van der Waals surface area contributed by atoms with Crippen LogP contribution in [0.25, 0.3) is 22.0 Å². The molecule has 0 saturated carbocycles. The monoisotopic (exact) mass is 493 g/mol. The molecule has 0 saturated heterocycles. The van der Waals surface area contributed by atoms with Crippen LogP contribution in [0.1, 0.15) is 36.5 Å². The Kier molecular flexibility index (Phi) is 6.88. The number of aryl methyl sites for hydroxylation is 1. The van der Waals surface area contributed by atoms with E-state index in [9.17, 15) is 0 Å². The Hall–Kier alpha value is -3.89. The lowest BCUT2D eigenvalue weighted by atomic mass is 9.98. The maximum Gasteiger partial charge on any atom is 0.141 e. The maximum atomic E-state index is 6.55. The molecule has 5 aromatic rings. The number of hydrogen-bond acceptors (Lipinski definition) is 4. The molecule has 0 aliphatic carbocycles. The molecule has 4 aromatic carbocycles. The molecule has 4 nitrogen and oxygen atoms in total. The average Bonchev–Trinajstić information content (AvgIpc) is 2.88. The molecule has 1 aromatic heterocycles. The van der Waals surface area contributed by atoms with Crippen molar-refractivity contribution in [2.24, 2.45) is 0 Å². The van der Waals surface area contributed by atoms with Crippen LogP contribution in [-0.2, 0) is 6.61 Å². The third-order valence-corrected chi connectivity index (χ3v) is 6.51. The van der Waals surface area contributed by atoms with Crippen LogP contribution in [-0.4, -0.2) is 9.97 Å². The summed E-state index contributed by atoms with van der Waals surface area (Å²) in [5.74, 6) is 1.87. The van der Waals surface area contributed by atoms with E-state index in [4.69, 9.17) is 16.3 Å². The first-order valence-corrected chi connectivity index (χ1v) is 12.4. The Morgan fingerprint density at radius 1 is 0.861 bits per heavy atom. The van der Waals surface area contributed by atoms with E-state index in [-0.39, 0.29) is 0 Å². The van der Waals surface area contributed by atoms with E-state index < -0.39 is 0 Å². The van der Waals surface area contributed by atoms with Gasteiger partial charge in [0.25, 0.3) is 0 Å². The number of anilines is 2. The Bertz CT molecular complexity index is 1510. The Morgan fingerprint density at radius 2 is 1.67 bits per heavy atom. The lowest BCUT2D eigenvalue weighted by Crippen LogP contribution is -1.98. The van der Waals surface area contributed by atoms with E-state index in [1.54, 1.807) is 6.33 Å². The first-order chi connectivity index (χ1) is 17.5. The molecule has 0 unspecified atom stereocenters. The molecule has 180 valence electrons. The van der Waals surface area contributed by atoms with Gasteiger partial charge in [0, 0.05) is 11.1 Å². The minimum absolute atomic E-state index is 0.464. The van der Waals surface area contributed by atoms with Gasteiger partial charge in [-0.15, -0.1) is 0 Å². The number of halogens is 1. The van der Waals surface area contributed by atoms with Gasteiger partial charge in [-0.05, 0) is 65.4 Å². The summed E-state index contributed by atoms with van der Waals surface area (Å²) in [6.07, 6.45) is 1.57. The highest BCUT2D eigenvalue weighted by atomic mass is 35.5. The van der Waals surface area contributed by atoms with Crippen LogP contribution in [0, 0.1) is 6.92 Å². The van der Waals surface area contributed by atoms with Gasteiger partial charge in [0.15, 0.2) is 0 Å². The molecule has 0 amide bonds. The van der Waals surface area contributed by atoms with Crippen LogP contribution in [0.4, 0.5) is 11.5 Å². The normalized spacial score (nSPS) is 11.1. The lowest BCUT2D eigenvalue weighted by Gasteiger charge is -2.13. The molecule has 5 heteroatoms. The van der Waals surface area contributed by atoms with Gasteiger partial charge in [0.1, 0.15) is 24.5 Å². The van der Waals surface area contributed by atoms with Gasteiger partial charge in [-0.3, -0.25) is 0 Å². The van der Waals surface area contributed by atoms with Crippen molar-refractivity contribution in [1.29, 1.82) is 0 Å². The molecule has 0 bridgehead atoms. The molecule has 0 fully saturated rings. The van der Waals surface area contributed by atoms with Crippen molar-refractivity contribution in [3.63, 3.8) is 0 Å². The predicted molar refractivity (Wildman–Crippen MR) is 149 cm³/mol. The molecule has 1 heterocycles. The van der Waals surface area contributed by atoms with Crippen molar-refractivity contribution in [2.45, 2.75) is 33.3 Å². The van der Waals surface area contributed by atoms with Crippen molar-refractivity contribution in [3.8, 4) is 16.9 Å². The molecule has 5 rings (SSSR count). The van der Waals surface area contributed by atoms with E-state index in [2.05, 4.69) is 84.6 Å². The lowest BCUT2D eigenvalue weighted by molar-refractivity contribution is 0.306. The van der Waals surface area contributed by atoms with Crippen molar-refractivity contribution in [1.82, 2.24) is 9.97 Å². The van der Waals surface area contributed by atoms with Gasteiger partial charge in [0.2, 0.25) is 0 Å². The van der Waals surface area contributed by atoms with Crippen molar-refractivity contribution in [3.05, 3.63) is 113 Å². The van der Waals surface area contributed by atoms with E-state index in [0.29, 0.717) is 23.3 Å². The van der Waals surface area contributed by atoms with Crippen LogP contribution >= 0.6 is 11.6 Å². The standard InChI is InChI=1S/C31H28ClN3O/c1-20(2)23-7-9-24(10-8-23)25-11-13-29-27(16-25)31(34-19-33-29)35-26-12-14-30(28(32)17-26)36-18-22-6-4-5-21(3)15-22/h4-17,19-20H,18H2,1-3H3,(H,33,34,35). The van der Waals surface area contributed by atoms with Gasteiger partial charge in [-0.1, -0.05) is 85.6 Å². The summed E-state index contributed by atoms with van der Waals surface area (Å²) in [5, 5.41) is 4.89. The number of benzene rings is 4. The first kappa shape index (κ1) is 23.8. The van der Waals surface area contributed by atoms with Crippen LogP contribution in [0.15, 0.2) is 91.3 Å². The molecule has 0 radical (unpaired) electrons. The van der Waals surface area contributed by atoms with Crippen LogP contribution in [0.2, 0.25) is 5.02 Å². The average molecular weight is 494 g/mol. The summed E-state index contributed by atoms with van der Waals surface area (Å²) in [7, 11) is 0. The zero-order valence-electron chi connectivity index (χ0n) is 20.6. The van der Waals surface area contributed by atoms with Crippen molar-refractivity contribution >= 4 is 34.0 Å². The second kappa shape index (κ2) is 10.4. The van der Waals surface area contributed by atoms with Gasteiger partial charge < -0.3 is 10.1 Å². The third kappa shape index (κ3) is 5.34. The second-order valence-electron chi connectivity index (χ2n) is 9.28. The van der Waals surface area contributed by atoms with Gasteiger partial charge in [-0.2, -0.15) is 0 Å². The number of rotatable bonds is 7. The minimum Gasteiger partial charge on any atom is -0.487 e. The van der Waals surface area contributed by atoms with Crippen molar-refractivity contribution in [2.75, 3.05) is 5.32 Å². The molecule has 0 spiro atoms. The zero-order chi connectivity index (χ0) is 25.1. The fourth-order valence-electron chi connectivity index (χ4n) is 4.19. The highest BCUT2D eigenvalue weighted by molar-refractivity contribution is 6.32. The SMILES string of the molecule is Cc1cccc(COc2ccc(Nc3ncnc4ccc(-c5ccc(C(C)C)cc5)cc34)cc2Cl)c1. The van der Waals surface area contributed by atoms with Gasteiger partial charge >= 0.3 is 0 Å². The Balaban J connectivity index is 1.37. The molecule has 1 N–H and O–H groups in total. The third-order valence-electron chi connectivity index (χ3n) is 6.22. The Morgan fingerprint density at radius 3 is 2.42 bits per heavy atom. The summed E-state index contributed by atoms with van der Waals surface area (Å²) >= 11 is 6.55. The molecule has 0 aliphatic rings. The summed E-state index contributed by atoms with van der Waals surface area (Å²) in [6, 6.07) is 28.9. The first-order valence-electron chi connectivity index (χ1n) is 12.1. The van der Waals surface area contributed by atoms with E-state index >= 15 is 0 Å². The predicted octanol–water partition coefficient (Wildman–Crippen LogP) is 8.70. The van der Waals surface area contributed by atoms with Crippen LogP contribution in [0.3, 0.4) is 0 Å². The van der Waals surface area contributed by atoms with E-state index in [1.165, 1.54) is 11.1 Å². The van der Waals surface area contributed by atoms with E-state index in [0.717, 1.165) is 39.1 Å². The van der Waals surface area contributed by atoms with Crippen LogP contribution in [0.5, 0.6) is 5.75 Å². The Labute approximate surface area is 217 Å². The molecular formula is C31H28ClN3O. The highest BCUT2D eigenvalue weighted by Gasteiger charge is 2.10. The number of nitrogens with one attached hydrogen (secondary N) is 1. The van der Waals surface area contributed by atoms with Crippen LogP contribution < -0.4 is 10.1 Å². The second-order valence-corrected chi connectivity index (χ2v) is 9.69. The number of hydrogen-bond donors (Lipinski definition) is 1. The number of aromatic nitrogens is 2. The van der Waals surface area contributed by atoms with Gasteiger partial charge in [0.05, 0.1) is 10.5 Å². The smallest absolute Gasteiger partial charge is 0.141 e. The maximum absolute atomic E-state index is 6.55. The number of fused-ring (bicyclic) bond motifs is 1. The summed E-state index contributed by atoms with van der Waals surface area (Å²) in [6.45, 7) is 6.94. The fourth-order valence-corrected chi connectivity index (χ4v) is 4.43. The fraction of sp³-hybridized carbons (Fsp3) is 0.161. The van der Waals surface area contributed by atoms with Crippen molar-refractivity contribution < 1.29 is 4.74 Å². The number of nitrogens with zero attached hydrogens (tertiary/aromatic N) is 2.